The number of hydrogen-bond donors (Lipinski definition) is 2. The van der Waals surface area contributed by atoms with Crippen molar-refractivity contribution in [2.75, 3.05) is 105 Å². The first-order chi connectivity index (χ1) is 14.3. The molecule has 3 heterocycles. The Morgan fingerprint density at radius 2 is 0.793 bits per heavy atom. The number of ether oxygens (including phenoxy) is 5. The molecule has 0 aromatic heterocycles. The third-order valence-corrected chi connectivity index (χ3v) is 5.19. The van der Waals surface area contributed by atoms with E-state index in [1.165, 1.54) is 0 Å². The highest BCUT2D eigenvalue weighted by Gasteiger charge is 2.12. The molecule has 168 valence electrons. The molecule has 3 fully saturated rings. The molecule has 0 unspecified atom stereocenters. The quantitative estimate of drug-likeness (QED) is 0.369. The minimum Gasteiger partial charge on any atom is -0.378 e. The van der Waals surface area contributed by atoms with Gasteiger partial charge in [-0.3, -0.25) is 0 Å². The topological polar surface area (TPSA) is 76.7 Å². The SMILES string of the molecule is S=C1NCCOCCNC(=S)N2CCOCCOCCN1CCOCCOCC2. The van der Waals surface area contributed by atoms with Crippen LogP contribution in [0.3, 0.4) is 0 Å². The Morgan fingerprint density at radius 3 is 1.14 bits per heavy atom. The van der Waals surface area contributed by atoms with Crippen LogP contribution in [0.1, 0.15) is 0 Å². The number of fused-ring (bicyclic) bond motifs is 22. The van der Waals surface area contributed by atoms with Gasteiger partial charge < -0.3 is 44.1 Å². The molecule has 11 heteroatoms. The van der Waals surface area contributed by atoms with Crippen molar-refractivity contribution in [3.8, 4) is 0 Å². The number of thiocarbonyl (C=S) groups is 2. The second kappa shape index (κ2) is 15.9. The van der Waals surface area contributed by atoms with Crippen molar-refractivity contribution < 1.29 is 23.7 Å². The molecule has 0 radical (unpaired) electrons. The number of nitrogens with zero attached hydrogens (tertiary/aromatic N) is 2. The van der Waals surface area contributed by atoms with Crippen LogP contribution in [0.15, 0.2) is 0 Å². The second-order valence-electron chi connectivity index (χ2n) is 6.50. The third-order valence-electron chi connectivity index (χ3n) is 4.39. The molecular weight excluding hydrogens is 416 g/mol. The van der Waals surface area contributed by atoms with Crippen molar-refractivity contribution in [2.45, 2.75) is 0 Å². The molecule has 0 saturated carbocycles. The molecule has 0 amide bonds. The van der Waals surface area contributed by atoms with Crippen LogP contribution >= 0.6 is 24.4 Å². The van der Waals surface area contributed by atoms with Crippen LogP contribution < -0.4 is 10.6 Å². The molecule has 3 aliphatic heterocycles. The largest absolute Gasteiger partial charge is 0.378 e. The average molecular weight is 451 g/mol. The smallest absolute Gasteiger partial charge is 0.169 e. The zero-order chi connectivity index (χ0) is 20.6. The Balaban J connectivity index is 1.99. The van der Waals surface area contributed by atoms with Gasteiger partial charge in [0.15, 0.2) is 10.2 Å². The fourth-order valence-electron chi connectivity index (χ4n) is 2.76. The van der Waals surface area contributed by atoms with E-state index in [-0.39, 0.29) is 0 Å². The predicted octanol–water partition coefficient (Wildman–Crippen LogP) is -0.550. The minimum atomic E-state index is 0.546. The van der Waals surface area contributed by atoms with Crippen LogP contribution in [0.5, 0.6) is 0 Å². The van der Waals surface area contributed by atoms with Crippen LogP contribution in [0.25, 0.3) is 0 Å². The van der Waals surface area contributed by atoms with Crippen LogP contribution in [0, 0.1) is 0 Å². The van der Waals surface area contributed by atoms with Crippen LogP contribution in [-0.2, 0) is 23.7 Å². The van der Waals surface area contributed by atoms with E-state index in [9.17, 15) is 0 Å². The summed E-state index contributed by atoms with van der Waals surface area (Å²) >= 11 is 11.1. The Morgan fingerprint density at radius 1 is 0.483 bits per heavy atom. The summed E-state index contributed by atoms with van der Waals surface area (Å²) in [5, 5.41) is 7.84. The van der Waals surface area contributed by atoms with Gasteiger partial charge in [-0.15, -0.1) is 0 Å². The van der Waals surface area contributed by atoms with Gasteiger partial charge in [0.05, 0.1) is 66.1 Å². The third kappa shape index (κ3) is 11.2. The lowest BCUT2D eigenvalue weighted by molar-refractivity contribution is 0.0215. The summed E-state index contributed by atoms with van der Waals surface area (Å²) in [7, 11) is 0. The van der Waals surface area contributed by atoms with Gasteiger partial charge in [-0.2, -0.15) is 0 Å². The summed E-state index contributed by atoms with van der Waals surface area (Å²) in [4.78, 5) is 4.12. The lowest BCUT2D eigenvalue weighted by atomic mass is 10.5. The number of rotatable bonds is 0. The van der Waals surface area contributed by atoms with Crippen molar-refractivity contribution in [2.24, 2.45) is 0 Å². The van der Waals surface area contributed by atoms with Gasteiger partial charge in [0.1, 0.15) is 0 Å². The van der Waals surface area contributed by atoms with E-state index < -0.39 is 0 Å². The Kier molecular flexibility index (Phi) is 13.4. The number of hydrogen-bond acceptors (Lipinski definition) is 7. The average Bonchev–Trinajstić information content (AvgIpc) is 2.72. The monoisotopic (exact) mass is 450 g/mol. The molecule has 2 bridgehead atoms. The van der Waals surface area contributed by atoms with E-state index in [4.69, 9.17) is 48.1 Å². The molecule has 0 spiro atoms. The highest BCUT2D eigenvalue weighted by Crippen LogP contribution is 1.96. The first-order valence-electron chi connectivity index (χ1n) is 10.2. The summed E-state index contributed by atoms with van der Waals surface area (Å²) in [6, 6.07) is 0. The molecule has 0 aromatic carbocycles. The predicted molar refractivity (Wildman–Crippen MR) is 118 cm³/mol. The summed E-state index contributed by atoms with van der Waals surface area (Å²) in [5.41, 5.74) is 0. The maximum Gasteiger partial charge on any atom is 0.169 e. The van der Waals surface area contributed by atoms with Gasteiger partial charge in [0, 0.05) is 39.3 Å². The fourth-order valence-corrected chi connectivity index (χ4v) is 3.33. The number of nitrogens with one attached hydrogen (secondary N) is 2. The minimum absolute atomic E-state index is 0.546. The summed E-state index contributed by atoms with van der Waals surface area (Å²) in [5.74, 6) is 0. The molecule has 29 heavy (non-hydrogen) atoms. The fraction of sp³-hybridized carbons (Fsp3) is 0.889. The van der Waals surface area contributed by atoms with E-state index in [0.717, 1.165) is 0 Å². The first kappa shape index (κ1) is 24.4. The van der Waals surface area contributed by atoms with Gasteiger partial charge in [0.2, 0.25) is 0 Å². The van der Waals surface area contributed by atoms with Gasteiger partial charge in [-0.25, -0.2) is 0 Å². The maximum absolute atomic E-state index is 5.70. The highest BCUT2D eigenvalue weighted by molar-refractivity contribution is 7.80. The van der Waals surface area contributed by atoms with Gasteiger partial charge in [-0.1, -0.05) is 0 Å². The van der Waals surface area contributed by atoms with E-state index >= 15 is 0 Å². The molecule has 0 atom stereocenters. The lowest BCUT2D eigenvalue weighted by Gasteiger charge is -2.26. The van der Waals surface area contributed by atoms with Crippen LogP contribution in [0.4, 0.5) is 0 Å². The van der Waals surface area contributed by atoms with Crippen LogP contribution in [-0.4, -0.2) is 125 Å². The molecule has 2 N–H and O–H groups in total. The molecule has 3 aliphatic rings. The van der Waals surface area contributed by atoms with Crippen molar-refractivity contribution >= 4 is 34.7 Å². The summed E-state index contributed by atoms with van der Waals surface area (Å²) < 4.78 is 28.5. The van der Waals surface area contributed by atoms with E-state index in [2.05, 4.69) is 20.4 Å². The Bertz CT molecular complexity index is 416. The van der Waals surface area contributed by atoms with Gasteiger partial charge in [-0.05, 0) is 24.4 Å². The molecular formula is C18H34N4O5S2. The van der Waals surface area contributed by atoms with Gasteiger partial charge >= 0.3 is 0 Å². The normalized spacial score (nSPS) is 23.6. The van der Waals surface area contributed by atoms with Gasteiger partial charge in [0.25, 0.3) is 0 Å². The Labute approximate surface area is 184 Å². The van der Waals surface area contributed by atoms with Crippen LogP contribution in [0.2, 0.25) is 0 Å². The van der Waals surface area contributed by atoms with Crippen molar-refractivity contribution in [3.63, 3.8) is 0 Å². The molecule has 0 aromatic rings. The van der Waals surface area contributed by atoms with E-state index in [0.29, 0.717) is 116 Å². The lowest BCUT2D eigenvalue weighted by Crippen LogP contribution is -2.44. The summed E-state index contributed by atoms with van der Waals surface area (Å²) in [6.45, 7) is 9.69. The van der Waals surface area contributed by atoms with Crippen molar-refractivity contribution in [1.82, 2.24) is 20.4 Å². The molecule has 3 saturated heterocycles. The standard InChI is InChI=1S/C18H34N4O5S2/c28-17-19-1-7-23-8-2-20-18(29)22-5-11-26-15-13-24-9-3-21(17)4-10-25-14-16-27-12-6-22/h1-16H2,(H,19,28)(H,20,29). The second-order valence-corrected chi connectivity index (χ2v) is 7.27. The molecule has 0 aliphatic carbocycles. The highest BCUT2D eigenvalue weighted by atomic mass is 32.1. The molecule has 3 rings (SSSR count). The zero-order valence-electron chi connectivity index (χ0n) is 17.1. The zero-order valence-corrected chi connectivity index (χ0v) is 18.7. The van der Waals surface area contributed by atoms with E-state index in [1.54, 1.807) is 0 Å². The van der Waals surface area contributed by atoms with Crippen molar-refractivity contribution in [1.29, 1.82) is 0 Å². The Hall–Kier alpha value is -0.820. The first-order valence-corrected chi connectivity index (χ1v) is 11.0. The summed E-state index contributed by atoms with van der Waals surface area (Å²) in [6.07, 6.45) is 0. The maximum atomic E-state index is 5.70. The van der Waals surface area contributed by atoms with E-state index in [1.807, 2.05) is 0 Å². The molecule has 9 nitrogen and oxygen atoms in total. The van der Waals surface area contributed by atoms with Crippen molar-refractivity contribution in [3.05, 3.63) is 0 Å².